The Kier molecular flexibility index (Phi) is 4.03. The molecule has 7 heteroatoms. The number of carbonyl (C=O) groups excluding carboxylic acids is 1. The lowest BCUT2D eigenvalue weighted by atomic mass is 10.3. The van der Waals surface area contributed by atoms with Crippen LogP contribution in [-0.4, -0.2) is 54.0 Å². The van der Waals surface area contributed by atoms with E-state index in [4.69, 9.17) is 5.73 Å². The normalized spacial score (nSPS) is 16.4. The van der Waals surface area contributed by atoms with Crippen molar-refractivity contribution in [1.82, 2.24) is 14.9 Å². The van der Waals surface area contributed by atoms with Gasteiger partial charge < -0.3 is 20.9 Å². The van der Waals surface area contributed by atoms with Crippen molar-refractivity contribution in [3.05, 3.63) is 6.07 Å². The van der Waals surface area contributed by atoms with Gasteiger partial charge in [-0.1, -0.05) is 0 Å². The van der Waals surface area contributed by atoms with Gasteiger partial charge in [0.15, 0.2) is 0 Å². The lowest BCUT2D eigenvalue weighted by Gasteiger charge is -2.21. The first-order valence-electron chi connectivity index (χ1n) is 6.47. The van der Waals surface area contributed by atoms with Crippen LogP contribution in [0.15, 0.2) is 6.07 Å². The molecule has 1 aromatic heterocycles. The highest BCUT2D eigenvalue weighted by atomic mass is 16.2. The Morgan fingerprint density at radius 1 is 1.42 bits per heavy atom. The minimum Gasteiger partial charge on any atom is -0.370 e. The first kappa shape index (κ1) is 13.4. The van der Waals surface area contributed by atoms with Crippen LogP contribution in [0.1, 0.15) is 13.3 Å². The number of amides is 1. The molecule has 1 fully saturated rings. The summed E-state index contributed by atoms with van der Waals surface area (Å²) in [4.78, 5) is 23.9. The number of nitrogens with one attached hydrogen (secondary N) is 1. The summed E-state index contributed by atoms with van der Waals surface area (Å²) in [5, 5.41) is 3.11. The van der Waals surface area contributed by atoms with Crippen molar-refractivity contribution in [1.29, 1.82) is 0 Å². The average Bonchev–Trinajstić information content (AvgIpc) is 2.52. The number of nitrogens with zero attached hydrogens (tertiary/aromatic N) is 4. The summed E-state index contributed by atoms with van der Waals surface area (Å²) in [5.74, 6) is 1.71. The van der Waals surface area contributed by atoms with E-state index >= 15 is 0 Å². The molecule has 1 aliphatic heterocycles. The van der Waals surface area contributed by atoms with Crippen LogP contribution < -0.4 is 16.0 Å². The number of anilines is 3. The van der Waals surface area contributed by atoms with Gasteiger partial charge >= 0.3 is 0 Å². The molecule has 1 saturated heterocycles. The van der Waals surface area contributed by atoms with Gasteiger partial charge in [0.2, 0.25) is 11.9 Å². The van der Waals surface area contributed by atoms with Crippen LogP contribution in [0.4, 0.5) is 17.6 Å². The van der Waals surface area contributed by atoms with Crippen LogP contribution in [0.3, 0.4) is 0 Å². The Labute approximate surface area is 112 Å². The molecule has 0 atom stereocenters. The van der Waals surface area contributed by atoms with Crippen LogP contribution in [0.25, 0.3) is 0 Å². The lowest BCUT2D eigenvalue weighted by Crippen LogP contribution is -2.34. The quantitative estimate of drug-likeness (QED) is 0.808. The van der Waals surface area contributed by atoms with Crippen LogP contribution >= 0.6 is 0 Å². The van der Waals surface area contributed by atoms with Crippen molar-refractivity contribution in [3.8, 4) is 0 Å². The second-order valence-electron chi connectivity index (χ2n) is 4.59. The molecule has 0 aromatic carbocycles. The maximum atomic E-state index is 11.9. The summed E-state index contributed by atoms with van der Waals surface area (Å²) in [5.41, 5.74) is 5.71. The van der Waals surface area contributed by atoms with Crippen LogP contribution in [0.5, 0.6) is 0 Å². The van der Waals surface area contributed by atoms with E-state index in [1.54, 1.807) is 4.90 Å². The zero-order valence-corrected chi connectivity index (χ0v) is 11.4. The Hall–Kier alpha value is -2.05. The number of nitrogen functional groups attached to an aromatic ring is 1. The SMILES string of the molecule is CCNc1cc(N2CCCN(C)C(=O)C2)nc(N)n1. The van der Waals surface area contributed by atoms with Crippen molar-refractivity contribution >= 4 is 23.5 Å². The van der Waals surface area contributed by atoms with Gasteiger partial charge in [-0.15, -0.1) is 0 Å². The molecule has 1 amide bonds. The fourth-order valence-corrected chi connectivity index (χ4v) is 2.07. The second-order valence-corrected chi connectivity index (χ2v) is 4.59. The smallest absolute Gasteiger partial charge is 0.241 e. The number of hydrogen-bond donors (Lipinski definition) is 2. The molecular formula is C12H20N6O. The summed E-state index contributed by atoms with van der Waals surface area (Å²) in [6, 6.07) is 1.83. The molecule has 1 aromatic rings. The molecule has 2 heterocycles. The Bertz CT molecular complexity index is 464. The van der Waals surface area contributed by atoms with Gasteiger partial charge in [-0.05, 0) is 13.3 Å². The molecule has 3 N–H and O–H groups in total. The number of rotatable bonds is 3. The molecular weight excluding hydrogens is 244 g/mol. The minimum absolute atomic E-state index is 0.0969. The molecule has 0 unspecified atom stereocenters. The summed E-state index contributed by atoms with van der Waals surface area (Å²) in [7, 11) is 1.82. The summed E-state index contributed by atoms with van der Waals surface area (Å²) in [6.07, 6.45) is 0.919. The summed E-state index contributed by atoms with van der Waals surface area (Å²) >= 11 is 0. The fourth-order valence-electron chi connectivity index (χ4n) is 2.07. The highest BCUT2D eigenvalue weighted by Crippen LogP contribution is 2.18. The predicted octanol–water partition coefficient (Wildman–Crippen LogP) is 0.159. The number of likely N-dealkylation sites (N-methyl/N-ethyl adjacent to an activating group) is 1. The first-order valence-corrected chi connectivity index (χ1v) is 6.47. The average molecular weight is 264 g/mol. The topological polar surface area (TPSA) is 87.4 Å². The zero-order chi connectivity index (χ0) is 13.8. The van der Waals surface area contributed by atoms with Gasteiger partial charge in [0.1, 0.15) is 11.6 Å². The van der Waals surface area contributed by atoms with E-state index in [1.807, 2.05) is 24.9 Å². The van der Waals surface area contributed by atoms with Crippen LogP contribution in [-0.2, 0) is 4.79 Å². The molecule has 7 nitrogen and oxygen atoms in total. The molecule has 0 aliphatic carbocycles. The highest BCUT2D eigenvalue weighted by Gasteiger charge is 2.20. The van der Waals surface area contributed by atoms with E-state index in [-0.39, 0.29) is 11.9 Å². The van der Waals surface area contributed by atoms with E-state index in [1.165, 1.54) is 0 Å². The summed E-state index contributed by atoms with van der Waals surface area (Å²) in [6.45, 7) is 4.65. The predicted molar refractivity (Wildman–Crippen MR) is 75.1 cm³/mol. The third kappa shape index (κ3) is 3.24. The Morgan fingerprint density at radius 3 is 2.95 bits per heavy atom. The van der Waals surface area contributed by atoms with Crippen LogP contribution in [0, 0.1) is 0 Å². The van der Waals surface area contributed by atoms with Crippen molar-refractivity contribution in [2.24, 2.45) is 0 Å². The molecule has 104 valence electrons. The first-order chi connectivity index (χ1) is 9.10. The molecule has 2 rings (SSSR count). The third-order valence-corrected chi connectivity index (χ3v) is 3.09. The van der Waals surface area contributed by atoms with Gasteiger partial charge in [0.25, 0.3) is 0 Å². The summed E-state index contributed by atoms with van der Waals surface area (Å²) < 4.78 is 0. The van der Waals surface area contributed by atoms with Crippen molar-refractivity contribution in [2.45, 2.75) is 13.3 Å². The maximum absolute atomic E-state index is 11.9. The van der Waals surface area contributed by atoms with Gasteiger partial charge in [0, 0.05) is 32.7 Å². The maximum Gasteiger partial charge on any atom is 0.241 e. The molecule has 0 saturated carbocycles. The molecule has 0 radical (unpaired) electrons. The fraction of sp³-hybridized carbons (Fsp3) is 0.583. The molecule has 0 spiro atoms. The van der Waals surface area contributed by atoms with Crippen LogP contribution in [0.2, 0.25) is 0 Å². The standard InChI is InChI=1S/C12H20N6O/c1-3-14-9-7-10(16-12(13)15-9)18-6-4-5-17(2)11(19)8-18/h7H,3-6,8H2,1-2H3,(H3,13,14,15,16). The van der Waals surface area contributed by atoms with Gasteiger partial charge in [0.05, 0.1) is 6.54 Å². The molecule has 19 heavy (non-hydrogen) atoms. The van der Waals surface area contributed by atoms with Crippen molar-refractivity contribution in [2.75, 3.05) is 49.2 Å². The molecule has 0 bridgehead atoms. The van der Waals surface area contributed by atoms with E-state index in [2.05, 4.69) is 15.3 Å². The van der Waals surface area contributed by atoms with Crippen molar-refractivity contribution in [3.63, 3.8) is 0 Å². The lowest BCUT2D eigenvalue weighted by molar-refractivity contribution is -0.127. The number of carbonyl (C=O) groups is 1. The Morgan fingerprint density at radius 2 is 2.21 bits per heavy atom. The van der Waals surface area contributed by atoms with Gasteiger partial charge in [-0.25, -0.2) is 0 Å². The molecule has 1 aliphatic rings. The number of nitrogens with two attached hydrogens (primary N) is 1. The van der Waals surface area contributed by atoms with E-state index in [0.717, 1.165) is 26.1 Å². The third-order valence-electron chi connectivity index (χ3n) is 3.09. The van der Waals surface area contributed by atoms with Crippen molar-refractivity contribution < 1.29 is 4.79 Å². The minimum atomic E-state index is 0.0969. The second kappa shape index (κ2) is 5.73. The zero-order valence-electron chi connectivity index (χ0n) is 11.4. The Balaban J connectivity index is 2.22. The van der Waals surface area contributed by atoms with E-state index in [9.17, 15) is 4.79 Å². The van der Waals surface area contributed by atoms with E-state index < -0.39 is 0 Å². The number of hydrogen-bond acceptors (Lipinski definition) is 6. The monoisotopic (exact) mass is 264 g/mol. The number of aromatic nitrogens is 2. The largest absolute Gasteiger partial charge is 0.370 e. The highest BCUT2D eigenvalue weighted by molar-refractivity contribution is 5.81. The van der Waals surface area contributed by atoms with E-state index in [0.29, 0.717) is 18.2 Å². The van der Waals surface area contributed by atoms with Gasteiger partial charge in [-0.2, -0.15) is 9.97 Å². The van der Waals surface area contributed by atoms with Gasteiger partial charge in [-0.3, -0.25) is 4.79 Å².